The average molecular weight is 327 g/mol. The van der Waals surface area contributed by atoms with Gasteiger partial charge in [0, 0.05) is 18.6 Å². The fourth-order valence-electron chi connectivity index (χ4n) is 3.74. The number of rotatable bonds is 1. The monoisotopic (exact) mass is 326 g/mol. The lowest BCUT2D eigenvalue weighted by Crippen LogP contribution is -2.51. The van der Waals surface area contributed by atoms with Crippen LogP contribution in [0.3, 0.4) is 0 Å². The second-order valence-electron chi connectivity index (χ2n) is 5.92. The summed E-state index contributed by atoms with van der Waals surface area (Å²) >= 11 is 6.01. The number of fused-ring (bicyclic) bond motifs is 3. The lowest BCUT2D eigenvalue weighted by Gasteiger charge is -2.41. The van der Waals surface area contributed by atoms with Crippen molar-refractivity contribution < 1.29 is 9.59 Å². The molecule has 5 heteroatoms. The van der Waals surface area contributed by atoms with Crippen LogP contribution in [0.5, 0.6) is 0 Å². The molecule has 2 heterocycles. The van der Waals surface area contributed by atoms with Crippen molar-refractivity contribution in [1.29, 1.82) is 0 Å². The fourth-order valence-corrected chi connectivity index (χ4v) is 3.87. The molecule has 2 aliphatic heterocycles. The van der Waals surface area contributed by atoms with Gasteiger partial charge < -0.3 is 4.90 Å². The summed E-state index contributed by atoms with van der Waals surface area (Å²) in [6.45, 7) is 0.522. The lowest BCUT2D eigenvalue weighted by atomic mass is 9.76. The van der Waals surface area contributed by atoms with Gasteiger partial charge in [0.05, 0.1) is 0 Å². The molecule has 4 nitrogen and oxygen atoms in total. The molecule has 0 aliphatic carbocycles. The molecule has 23 heavy (non-hydrogen) atoms. The van der Waals surface area contributed by atoms with E-state index in [4.69, 9.17) is 11.6 Å². The van der Waals surface area contributed by atoms with Crippen molar-refractivity contribution >= 4 is 23.5 Å². The second-order valence-corrected chi connectivity index (χ2v) is 6.36. The van der Waals surface area contributed by atoms with Crippen molar-refractivity contribution in [2.75, 3.05) is 13.6 Å². The van der Waals surface area contributed by atoms with Crippen LogP contribution in [0, 0.1) is 0 Å². The van der Waals surface area contributed by atoms with Gasteiger partial charge in [0.25, 0.3) is 5.91 Å². The van der Waals surface area contributed by atoms with Gasteiger partial charge in [-0.05, 0) is 35.2 Å². The Morgan fingerprint density at radius 2 is 1.74 bits per heavy atom. The summed E-state index contributed by atoms with van der Waals surface area (Å²) in [6.07, 6.45) is 0.748. The summed E-state index contributed by atoms with van der Waals surface area (Å²) < 4.78 is 0. The first-order valence-electron chi connectivity index (χ1n) is 7.51. The zero-order chi connectivity index (χ0) is 16.2. The van der Waals surface area contributed by atoms with Crippen molar-refractivity contribution in [3.63, 3.8) is 0 Å². The van der Waals surface area contributed by atoms with E-state index < -0.39 is 5.54 Å². The first kappa shape index (κ1) is 14.3. The quantitative estimate of drug-likeness (QED) is 0.756. The molecule has 0 bridgehead atoms. The molecule has 0 N–H and O–H groups in total. The van der Waals surface area contributed by atoms with Gasteiger partial charge in [-0.2, -0.15) is 0 Å². The molecule has 4 rings (SSSR count). The third kappa shape index (κ3) is 1.72. The van der Waals surface area contributed by atoms with E-state index in [1.807, 2.05) is 36.4 Å². The summed E-state index contributed by atoms with van der Waals surface area (Å²) in [5.74, 6) is -0.211. The molecular weight excluding hydrogens is 312 g/mol. The van der Waals surface area contributed by atoms with Crippen molar-refractivity contribution in [3.8, 4) is 0 Å². The summed E-state index contributed by atoms with van der Waals surface area (Å²) in [5.41, 5.74) is 1.69. The number of halogens is 1. The van der Waals surface area contributed by atoms with Crippen LogP contribution in [0.15, 0.2) is 48.5 Å². The number of imide groups is 1. The standard InChI is InChI=1S/C18H15ClN2O2/c1-20-16(22)18(13-6-8-14(19)9-7-13)15-5-3-2-4-12(15)10-11-21(18)17(20)23/h2-9H,10-11H2,1H3/t18-/m0/s1. The van der Waals surface area contributed by atoms with E-state index in [9.17, 15) is 9.59 Å². The molecule has 0 saturated carbocycles. The van der Waals surface area contributed by atoms with E-state index in [-0.39, 0.29) is 11.9 Å². The molecule has 0 spiro atoms. The highest BCUT2D eigenvalue weighted by Gasteiger charge is 2.60. The van der Waals surface area contributed by atoms with Crippen molar-refractivity contribution in [1.82, 2.24) is 9.80 Å². The Morgan fingerprint density at radius 1 is 1.04 bits per heavy atom. The summed E-state index contributed by atoms with van der Waals surface area (Å²) in [7, 11) is 1.54. The van der Waals surface area contributed by atoms with Crippen molar-refractivity contribution in [2.24, 2.45) is 0 Å². The first-order chi connectivity index (χ1) is 11.1. The number of hydrogen-bond donors (Lipinski definition) is 0. The van der Waals surface area contributed by atoms with Crippen molar-refractivity contribution in [3.05, 3.63) is 70.2 Å². The number of nitrogens with zero attached hydrogens (tertiary/aromatic N) is 2. The van der Waals surface area contributed by atoms with Gasteiger partial charge in [-0.15, -0.1) is 0 Å². The van der Waals surface area contributed by atoms with Gasteiger partial charge in [-0.3, -0.25) is 9.69 Å². The largest absolute Gasteiger partial charge is 0.327 e. The van der Waals surface area contributed by atoms with E-state index in [1.54, 1.807) is 24.1 Å². The topological polar surface area (TPSA) is 40.6 Å². The van der Waals surface area contributed by atoms with Gasteiger partial charge in [0.2, 0.25) is 0 Å². The molecule has 0 radical (unpaired) electrons. The third-order valence-electron chi connectivity index (χ3n) is 4.81. The van der Waals surface area contributed by atoms with E-state index in [2.05, 4.69) is 0 Å². The maximum absolute atomic E-state index is 13.2. The zero-order valence-corrected chi connectivity index (χ0v) is 13.4. The summed E-state index contributed by atoms with van der Waals surface area (Å²) in [4.78, 5) is 28.7. The van der Waals surface area contributed by atoms with Gasteiger partial charge in [0.15, 0.2) is 5.54 Å². The third-order valence-corrected chi connectivity index (χ3v) is 5.06. The molecule has 3 amide bonds. The Kier molecular flexibility index (Phi) is 3.00. The molecule has 0 unspecified atom stereocenters. The smallest absolute Gasteiger partial charge is 0.301 e. The first-order valence-corrected chi connectivity index (χ1v) is 7.89. The molecule has 1 atom stereocenters. The lowest BCUT2D eigenvalue weighted by molar-refractivity contribution is -0.131. The van der Waals surface area contributed by atoms with Crippen LogP contribution in [0.1, 0.15) is 16.7 Å². The van der Waals surface area contributed by atoms with E-state index >= 15 is 0 Å². The van der Waals surface area contributed by atoms with Gasteiger partial charge >= 0.3 is 6.03 Å². The minimum atomic E-state index is -1.08. The Morgan fingerprint density at radius 3 is 2.48 bits per heavy atom. The highest BCUT2D eigenvalue weighted by molar-refractivity contribution is 6.30. The van der Waals surface area contributed by atoms with Crippen LogP contribution < -0.4 is 0 Å². The van der Waals surface area contributed by atoms with E-state index in [0.29, 0.717) is 11.6 Å². The molecule has 1 fully saturated rings. The number of benzene rings is 2. The Balaban J connectivity index is 2.06. The maximum Gasteiger partial charge on any atom is 0.327 e. The SMILES string of the molecule is CN1C(=O)N2CCc3ccccc3[C@@]2(c2ccc(Cl)cc2)C1=O. The van der Waals surface area contributed by atoms with Gasteiger partial charge in [0.1, 0.15) is 0 Å². The highest BCUT2D eigenvalue weighted by Crippen LogP contribution is 2.46. The van der Waals surface area contributed by atoms with Crippen LogP contribution in [-0.4, -0.2) is 35.3 Å². The van der Waals surface area contributed by atoms with Crippen LogP contribution in [0.25, 0.3) is 0 Å². The number of hydrogen-bond acceptors (Lipinski definition) is 2. The molecule has 2 aromatic rings. The average Bonchev–Trinajstić information content (AvgIpc) is 2.78. The van der Waals surface area contributed by atoms with E-state index in [0.717, 1.165) is 23.1 Å². The number of amides is 3. The number of urea groups is 1. The van der Waals surface area contributed by atoms with Crippen LogP contribution >= 0.6 is 11.6 Å². The molecule has 116 valence electrons. The molecular formula is C18H15ClN2O2. The maximum atomic E-state index is 13.2. The molecule has 0 aromatic heterocycles. The fraction of sp³-hybridized carbons (Fsp3) is 0.222. The molecule has 2 aromatic carbocycles. The predicted molar refractivity (Wildman–Crippen MR) is 87.3 cm³/mol. The molecule has 1 saturated heterocycles. The Labute approximate surface area is 139 Å². The Bertz CT molecular complexity index is 818. The van der Waals surface area contributed by atoms with Crippen LogP contribution in [-0.2, 0) is 16.8 Å². The van der Waals surface area contributed by atoms with Gasteiger partial charge in [-0.1, -0.05) is 48.0 Å². The minimum Gasteiger partial charge on any atom is -0.301 e. The van der Waals surface area contributed by atoms with Gasteiger partial charge in [-0.25, -0.2) is 4.79 Å². The van der Waals surface area contributed by atoms with Crippen LogP contribution in [0.4, 0.5) is 4.79 Å². The summed E-state index contributed by atoms with van der Waals surface area (Å²) in [6, 6.07) is 14.8. The number of likely N-dealkylation sites (N-methyl/N-ethyl adjacent to an activating group) is 1. The number of carbonyl (C=O) groups is 2. The van der Waals surface area contributed by atoms with E-state index in [1.165, 1.54) is 4.90 Å². The molecule has 2 aliphatic rings. The van der Waals surface area contributed by atoms with Crippen molar-refractivity contribution in [2.45, 2.75) is 12.0 Å². The minimum absolute atomic E-state index is 0.211. The number of carbonyl (C=O) groups excluding carboxylic acids is 2. The Hall–Kier alpha value is -2.33. The second kappa shape index (κ2) is 4.83. The normalized spacial score (nSPS) is 23.0. The zero-order valence-electron chi connectivity index (χ0n) is 12.6. The summed E-state index contributed by atoms with van der Waals surface area (Å²) in [5, 5.41) is 0.603. The van der Waals surface area contributed by atoms with Crippen LogP contribution in [0.2, 0.25) is 5.02 Å². The highest BCUT2D eigenvalue weighted by atomic mass is 35.5. The predicted octanol–water partition coefficient (Wildman–Crippen LogP) is 3.03.